The van der Waals surface area contributed by atoms with Crippen molar-refractivity contribution in [3.63, 3.8) is 0 Å². The van der Waals surface area contributed by atoms with Crippen LogP contribution in [0.25, 0.3) is 0 Å². The van der Waals surface area contributed by atoms with Crippen molar-refractivity contribution in [3.05, 3.63) is 12.2 Å². The van der Waals surface area contributed by atoms with Crippen molar-refractivity contribution in [1.82, 2.24) is 10.2 Å². The Balaban J connectivity index is 2.54. The van der Waals surface area contributed by atoms with Crippen LogP contribution in [0.5, 0.6) is 0 Å². The number of fused-ring (bicyclic) bond motifs is 1. The number of carbonyl (C=O) groups excluding carboxylic acids is 3. The fraction of sp³-hybridized carbons (Fsp3) is 0.821. The zero-order valence-corrected chi connectivity index (χ0v) is 23.3. The molecule has 0 aromatic heterocycles. The Labute approximate surface area is 212 Å². The molecule has 200 valence electrons. The van der Waals surface area contributed by atoms with Gasteiger partial charge in [0.15, 0.2) is 0 Å². The number of hydrogen-bond donors (Lipinski definition) is 2. The highest BCUT2D eigenvalue weighted by Gasteiger charge is 2.59. The topological polar surface area (TPSA) is 95.9 Å². The molecule has 7 nitrogen and oxygen atoms in total. The molecule has 0 aromatic carbocycles. The van der Waals surface area contributed by atoms with Crippen molar-refractivity contribution in [2.45, 2.75) is 99.2 Å². The summed E-state index contributed by atoms with van der Waals surface area (Å²) in [5, 5.41) is 13.5. The molecule has 2 amide bonds. The van der Waals surface area contributed by atoms with Crippen LogP contribution in [0.3, 0.4) is 0 Å². The van der Waals surface area contributed by atoms with E-state index in [4.69, 9.17) is 4.74 Å². The van der Waals surface area contributed by atoms with E-state index in [2.05, 4.69) is 26.1 Å². The number of likely N-dealkylation sites (tertiary alicyclic amines) is 1. The molecule has 1 heterocycles. The molecule has 0 unspecified atom stereocenters. The van der Waals surface area contributed by atoms with Crippen molar-refractivity contribution in [2.75, 3.05) is 13.2 Å². The van der Waals surface area contributed by atoms with Crippen LogP contribution < -0.4 is 5.32 Å². The Morgan fingerprint density at radius 3 is 2.26 bits per heavy atom. The van der Waals surface area contributed by atoms with E-state index in [1.807, 2.05) is 46.8 Å². The number of esters is 1. The highest BCUT2D eigenvalue weighted by atomic mass is 16.5. The van der Waals surface area contributed by atoms with E-state index in [-0.39, 0.29) is 48.2 Å². The Kier molecular flexibility index (Phi) is 9.59. The number of aliphatic hydroxyl groups excluding tert-OH is 1. The number of nitrogens with one attached hydrogen (secondary N) is 1. The summed E-state index contributed by atoms with van der Waals surface area (Å²) in [6, 6.07) is -1.28. The number of carbonyl (C=O) groups is 3. The zero-order chi connectivity index (χ0) is 26.7. The molecule has 1 fully saturated rings. The standard InChI is InChI=1S/C28H48N2O5/c1-10-18-12-13-20-22(21(18)26(34)35-11-2)25(33)30(19(15-31)14-17(3)4)23(20)24(32)29-28(8,9)16-27(5,6)7/h12-13,17-23,31H,10-11,14-16H2,1-9H3,(H,29,32)/t18-,19-,20+,21-,22-,23+/m1/s1. The van der Waals surface area contributed by atoms with Crippen LogP contribution in [0.15, 0.2) is 12.2 Å². The van der Waals surface area contributed by atoms with Crippen LogP contribution in [0, 0.1) is 35.0 Å². The maximum absolute atomic E-state index is 14.0. The van der Waals surface area contributed by atoms with Gasteiger partial charge in [0, 0.05) is 11.5 Å². The largest absolute Gasteiger partial charge is 0.466 e. The molecule has 6 atom stereocenters. The summed E-state index contributed by atoms with van der Waals surface area (Å²) in [7, 11) is 0. The molecule has 0 bridgehead atoms. The van der Waals surface area contributed by atoms with Gasteiger partial charge in [0.2, 0.25) is 11.8 Å². The third-order valence-corrected chi connectivity index (χ3v) is 7.13. The van der Waals surface area contributed by atoms with Crippen molar-refractivity contribution in [2.24, 2.45) is 35.0 Å². The first-order valence-electron chi connectivity index (χ1n) is 13.3. The SMILES string of the molecule is CCOC(=O)[C@H]1[C@@H]2C(=O)N([C@@H](CO)CC(C)C)[C@H](C(=O)NC(C)(C)CC(C)(C)C)[C@H]2C=C[C@H]1CC. The van der Waals surface area contributed by atoms with E-state index in [9.17, 15) is 19.5 Å². The molecule has 0 saturated carbocycles. The van der Waals surface area contributed by atoms with Crippen molar-refractivity contribution >= 4 is 17.8 Å². The maximum Gasteiger partial charge on any atom is 0.310 e. The van der Waals surface area contributed by atoms with E-state index in [1.54, 1.807) is 11.8 Å². The molecule has 0 spiro atoms. The van der Waals surface area contributed by atoms with Gasteiger partial charge < -0.3 is 20.1 Å². The van der Waals surface area contributed by atoms with Crippen LogP contribution in [0.1, 0.15) is 81.6 Å². The Morgan fingerprint density at radius 2 is 1.77 bits per heavy atom. The minimum atomic E-state index is -0.784. The first-order valence-corrected chi connectivity index (χ1v) is 13.3. The predicted molar refractivity (Wildman–Crippen MR) is 137 cm³/mol. The van der Waals surface area contributed by atoms with Gasteiger partial charge in [-0.15, -0.1) is 0 Å². The average molecular weight is 493 g/mol. The van der Waals surface area contributed by atoms with Gasteiger partial charge in [0.1, 0.15) is 6.04 Å². The van der Waals surface area contributed by atoms with E-state index in [1.165, 1.54) is 0 Å². The van der Waals surface area contributed by atoms with Gasteiger partial charge in [-0.25, -0.2) is 0 Å². The summed E-state index contributed by atoms with van der Waals surface area (Å²) in [5.74, 6) is -2.51. The number of allylic oxidation sites excluding steroid dienone is 1. The minimum absolute atomic E-state index is 0.00384. The van der Waals surface area contributed by atoms with E-state index in [0.717, 1.165) is 6.42 Å². The number of nitrogens with zero attached hydrogens (tertiary/aromatic N) is 1. The summed E-state index contributed by atoms with van der Waals surface area (Å²) >= 11 is 0. The van der Waals surface area contributed by atoms with E-state index < -0.39 is 35.4 Å². The maximum atomic E-state index is 14.0. The highest BCUT2D eigenvalue weighted by molar-refractivity contribution is 5.96. The lowest BCUT2D eigenvalue weighted by Crippen LogP contribution is -2.57. The summed E-state index contributed by atoms with van der Waals surface area (Å²) in [5.41, 5.74) is -0.482. The van der Waals surface area contributed by atoms with E-state index >= 15 is 0 Å². The zero-order valence-electron chi connectivity index (χ0n) is 23.3. The van der Waals surface area contributed by atoms with E-state index in [0.29, 0.717) is 12.8 Å². The quantitative estimate of drug-likeness (QED) is 0.356. The van der Waals surface area contributed by atoms with Crippen LogP contribution in [0.4, 0.5) is 0 Å². The lowest BCUT2D eigenvalue weighted by atomic mass is 9.69. The van der Waals surface area contributed by atoms with Crippen molar-refractivity contribution in [3.8, 4) is 0 Å². The lowest BCUT2D eigenvalue weighted by Gasteiger charge is -2.38. The van der Waals surface area contributed by atoms with Crippen molar-refractivity contribution < 1.29 is 24.2 Å². The number of rotatable bonds is 10. The number of ether oxygens (including phenoxy) is 1. The summed E-state index contributed by atoms with van der Waals surface area (Å²) in [6.45, 7) is 18.2. The number of amides is 2. The molecule has 7 heteroatoms. The van der Waals surface area contributed by atoms with Gasteiger partial charge in [-0.1, -0.05) is 53.7 Å². The van der Waals surface area contributed by atoms with Crippen LogP contribution >= 0.6 is 0 Å². The second-order valence-electron chi connectivity index (χ2n) is 12.6. The third-order valence-electron chi connectivity index (χ3n) is 7.13. The molecule has 1 saturated heterocycles. The normalized spacial score (nSPS) is 27.7. The van der Waals surface area contributed by atoms with Crippen LogP contribution in [-0.4, -0.2) is 58.6 Å². The van der Waals surface area contributed by atoms with Gasteiger partial charge >= 0.3 is 5.97 Å². The summed E-state index contributed by atoms with van der Waals surface area (Å²) in [6.07, 6.45) is 5.96. The molecular formula is C28H48N2O5. The summed E-state index contributed by atoms with van der Waals surface area (Å²) in [4.78, 5) is 42.5. The molecule has 2 rings (SSSR count). The monoisotopic (exact) mass is 492 g/mol. The fourth-order valence-corrected chi connectivity index (χ4v) is 6.39. The lowest BCUT2D eigenvalue weighted by molar-refractivity contribution is -0.156. The highest BCUT2D eigenvalue weighted by Crippen LogP contribution is 2.46. The molecule has 0 aromatic rings. The average Bonchev–Trinajstić information content (AvgIpc) is 3.01. The minimum Gasteiger partial charge on any atom is -0.466 e. The predicted octanol–water partition coefficient (Wildman–Crippen LogP) is 3.94. The molecular weight excluding hydrogens is 444 g/mol. The Bertz CT molecular complexity index is 798. The molecule has 1 aliphatic heterocycles. The second kappa shape index (κ2) is 11.4. The fourth-order valence-electron chi connectivity index (χ4n) is 6.39. The number of hydrogen-bond acceptors (Lipinski definition) is 5. The Morgan fingerprint density at radius 1 is 1.14 bits per heavy atom. The first-order chi connectivity index (χ1) is 16.2. The van der Waals surface area contributed by atoms with Crippen molar-refractivity contribution in [1.29, 1.82) is 0 Å². The molecule has 1 aliphatic carbocycles. The second-order valence-corrected chi connectivity index (χ2v) is 12.6. The van der Waals surface area contributed by atoms with Gasteiger partial charge in [0.05, 0.1) is 31.1 Å². The third kappa shape index (κ3) is 6.87. The summed E-state index contributed by atoms with van der Waals surface area (Å²) < 4.78 is 5.39. The van der Waals surface area contributed by atoms with Gasteiger partial charge in [-0.3, -0.25) is 14.4 Å². The van der Waals surface area contributed by atoms with Crippen LogP contribution in [0.2, 0.25) is 0 Å². The molecule has 2 N–H and O–H groups in total. The first kappa shape index (κ1) is 29.3. The smallest absolute Gasteiger partial charge is 0.310 e. The molecule has 35 heavy (non-hydrogen) atoms. The number of aliphatic hydroxyl groups is 1. The van der Waals surface area contributed by atoms with Gasteiger partial charge in [-0.2, -0.15) is 0 Å². The van der Waals surface area contributed by atoms with Gasteiger partial charge in [0.25, 0.3) is 0 Å². The Hall–Kier alpha value is -1.89. The molecule has 2 aliphatic rings. The van der Waals surface area contributed by atoms with Crippen LogP contribution in [-0.2, 0) is 19.1 Å². The molecule has 0 radical (unpaired) electrons. The van der Waals surface area contributed by atoms with Gasteiger partial charge in [-0.05, 0) is 57.3 Å².